The van der Waals surface area contributed by atoms with E-state index < -0.39 is 0 Å². The van der Waals surface area contributed by atoms with Crippen molar-refractivity contribution in [3.05, 3.63) is 64.6 Å². The summed E-state index contributed by atoms with van der Waals surface area (Å²) in [7, 11) is 3.95. The highest BCUT2D eigenvalue weighted by molar-refractivity contribution is 5.54. The quantitative estimate of drug-likeness (QED) is 0.518. The number of hydrogen-bond donors (Lipinski definition) is 2. The number of aromatic nitrogens is 4. The van der Waals surface area contributed by atoms with E-state index in [-0.39, 0.29) is 6.04 Å². The molecule has 1 saturated heterocycles. The van der Waals surface area contributed by atoms with Crippen molar-refractivity contribution in [2.24, 2.45) is 13.0 Å². The molecule has 2 N–H and O–H groups in total. The third-order valence-corrected chi connectivity index (χ3v) is 7.66. The predicted molar refractivity (Wildman–Crippen MR) is 142 cm³/mol. The first-order chi connectivity index (χ1) is 17.0. The fourth-order valence-electron chi connectivity index (χ4n) is 5.90. The predicted octanol–water partition coefficient (Wildman–Crippen LogP) is 4.72. The average molecular weight is 474 g/mol. The van der Waals surface area contributed by atoms with E-state index in [1.807, 2.05) is 11.7 Å². The van der Waals surface area contributed by atoms with Gasteiger partial charge in [0.2, 0.25) is 5.95 Å². The molecule has 3 atom stereocenters. The van der Waals surface area contributed by atoms with Crippen LogP contribution in [0.25, 0.3) is 0 Å². The second-order valence-electron chi connectivity index (χ2n) is 10.5. The fraction of sp³-hybridized carbons (Fsp3) is 0.536. The summed E-state index contributed by atoms with van der Waals surface area (Å²) in [4.78, 5) is 12.4. The first-order valence-electron chi connectivity index (χ1n) is 13.1. The van der Waals surface area contributed by atoms with Crippen LogP contribution in [-0.4, -0.2) is 51.3 Å². The molecule has 7 nitrogen and oxygen atoms in total. The molecular formula is C28H39N7. The van der Waals surface area contributed by atoms with Crippen LogP contribution in [0, 0.1) is 12.8 Å². The Balaban J connectivity index is 1.48. The number of aryl methyl sites for hydroxylation is 3. The van der Waals surface area contributed by atoms with Crippen molar-refractivity contribution >= 4 is 11.8 Å². The lowest BCUT2D eigenvalue weighted by atomic mass is 9.82. The van der Waals surface area contributed by atoms with Gasteiger partial charge in [-0.1, -0.05) is 37.3 Å². The maximum absolute atomic E-state index is 4.96. The molecule has 0 bridgehead atoms. The molecule has 0 radical (unpaired) electrons. The maximum Gasteiger partial charge on any atom is 0.224 e. The summed E-state index contributed by atoms with van der Waals surface area (Å²) in [6.45, 7) is 7.68. The summed E-state index contributed by atoms with van der Waals surface area (Å²) in [6.07, 6.45) is 5.64. The zero-order chi connectivity index (χ0) is 24.4. The SMILES string of the molecule is CNc1nc2c(c(N[C@@H](CN3CCC[C@H](C)C3)c3cc(C)nn3C)n1)C[C@H](c1ccccc1)CC2. The first kappa shape index (κ1) is 23.8. The van der Waals surface area contributed by atoms with E-state index in [9.17, 15) is 0 Å². The second kappa shape index (κ2) is 10.4. The Morgan fingerprint density at radius 2 is 1.97 bits per heavy atom. The van der Waals surface area contributed by atoms with Crippen molar-refractivity contribution in [2.75, 3.05) is 37.3 Å². The van der Waals surface area contributed by atoms with Gasteiger partial charge < -0.3 is 15.5 Å². The van der Waals surface area contributed by atoms with Gasteiger partial charge in [-0.3, -0.25) is 4.68 Å². The van der Waals surface area contributed by atoms with Gasteiger partial charge in [0, 0.05) is 32.7 Å². The Morgan fingerprint density at radius 1 is 1.14 bits per heavy atom. The molecule has 3 heterocycles. The number of benzene rings is 1. The molecule has 0 saturated carbocycles. The van der Waals surface area contributed by atoms with Crippen molar-refractivity contribution in [3.8, 4) is 0 Å². The Labute approximate surface area is 209 Å². The maximum atomic E-state index is 4.96. The summed E-state index contributed by atoms with van der Waals surface area (Å²) in [5.74, 6) is 2.89. The molecule has 1 aliphatic heterocycles. The third kappa shape index (κ3) is 5.35. The Morgan fingerprint density at radius 3 is 2.69 bits per heavy atom. The van der Waals surface area contributed by atoms with Gasteiger partial charge in [0.25, 0.3) is 0 Å². The van der Waals surface area contributed by atoms with E-state index in [1.165, 1.54) is 35.4 Å². The smallest absolute Gasteiger partial charge is 0.224 e. The van der Waals surface area contributed by atoms with E-state index in [1.54, 1.807) is 0 Å². The normalized spacial score (nSPS) is 21.4. The average Bonchev–Trinajstić information content (AvgIpc) is 3.21. The van der Waals surface area contributed by atoms with Gasteiger partial charge in [-0.2, -0.15) is 10.1 Å². The summed E-state index contributed by atoms with van der Waals surface area (Å²) in [5.41, 5.74) is 6.09. The van der Waals surface area contributed by atoms with Crippen molar-refractivity contribution in [1.82, 2.24) is 24.6 Å². The first-order valence-corrected chi connectivity index (χ1v) is 13.1. The van der Waals surface area contributed by atoms with Crippen LogP contribution in [0.5, 0.6) is 0 Å². The van der Waals surface area contributed by atoms with Crippen LogP contribution in [0.1, 0.15) is 66.4 Å². The highest BCUT2D eigenvalue weighted by atomic mass is 15.3. The van der Waals surface area contributed by atoms with Crippen molar-refractivity contribution in [1.29, 1.82) is 0 Å². The van der Waals surface area contributed by atoms with Crippen LogP contribution < -0.4 is 10.6 Å². The summed E-state index contributed by atoms with van der Waals surface area (Å²) in [6, 6.07) is 13.2. The molecule has 2 aliphatic rings. The number of rotatable bonds is 7. The molecular weight excluding hydrogens is 434 g/mol. The van der Waals surface area contributed by atoms with E-state index in [0.29, 0.717) is 11.9 Å². The molecule has 1 fully saturated rings. The van der Waals surface area contributed by atoms with Crippen molar-refractivity contribution < 1.29 is 0 Å². The monoisotopic (exact) mass is 473 g/mol. The molecule has 7 heteroatoms. The van der Waals surface area contributed by atoms with Gasteiger partial charge >= 0.3 is 0 Å². The number of nitrogens with one attached hydrogen (secondary N) is 2. The van der Waals surface area contributed by atoms with Gasteiger partial charge in [0.1, 0.15) is 5.82 Å². The van der Waals surface area contributed by atoms with Crippen LogP contribution in [0.15, 0.2) is 36.4 Å². The van der Waals surface area contributed by atoms with Gasteiger partial charge in [0.05, 0.1) is 23.1 Å². The molecule has 1 aromatic carbocycles. The highest BCUT2D eigenvalue weighted by Crippen LogP contribution is 2.36. The van der Waals surface area contributed by atoms with Crippen LogP contribution >= 0.6 is 0 Å². The van der Waals surface area contributed by atoms with E-state index in [0.717, 1.165) is 56.3 Å². The summed E-state index contributed by atoms with van der Waals surface area (Å²) >= 11 is 0. The van der Waals surface area contributed by atoms with E-state index >= 15 is 0 Å². The van der Waals surface area contributed by atoms with Crippen molar-refractivity contribution in [3.63, 3.8) is 0 Å². The fourth-order valence-corrected chi connectivity index (χ4v) is 5.90. The number of hydrogen-bond acceptors (Lipinski definition) is 6. The molecule has 0 amide bonds. The molecule has 3 aromatic rings. The Kier molecular flexibility index (Phi) is 7.04. The summed E-state index contributed by atoms with van der Waals surface area (Å²) in [5, 5.41) is 11.7. The van der Waals surface area contributed by atoms with Crippen LogP contribution in [0.4, 0.5) is 11.8 Å². The van der Waals surface area contributed by atoms with Gasteiger partial charge in [-0.05, 0) is 69.0 Å². The minimum Gasteiger partial charge on any atom is -0.360 e. The lowest BCUT2D eigenvalue weighted by Crippen LogP contribution is -2.39. The van der Waals surface area contributed by atoms with Crippen molar-refractivity contribution in [2.45, 2.75) is 57.9 Å². The third-order valence-electron chi connectivity index (χ3n) is 7.66. The second-order valence-corrected chi connectivity index (χ2v) is 10.5. The topological polar surface area (TPSA) is 70.9 Å². The standard InChI is InChI=1S/C28H39N7/c1-19-9-8-14-35(17-19)18-25(26-15-20(2)33-34(26)4)30-27-23-16-22(21-10-6-5-7-11-21)12-13-24(23)31-28(29-3)32-27/h5-7,10-11,15,19,22,25H,8-9,12-14,16-18H2,1-4H3,(H2,29,30,31,32)/t19-,22+,25-/m0/s1. The van der Waals surface area contributed by atoms with Crippen LogP contribution in [-0.2, 0) is 19.9 Å². The zero-order valence-electron chi connectivity index (χ0n) is 21.6. The van der Waals surface area contributed by atoms with Crippen LogP contribution in [0.2, 0.25) is 0 Å². The van der Waals surface area contributed by atoms with Gasteiger partial charge in [-0.25, -0.2) is 4.98 Å². The highest BCUT2D eigenvalue weighted by Gasteiger charge is 2.28. The Bertz CT molecular complexity index is 1140. The number of anilines is 2. The van der Waals surface area contributed by atoms with Gasteiger partial charge in [-0.15, -0.1) is 0 Å². The number of nitrogens with zero attached hydrogens (tertiary/aromatic N) is 5. The molecule has 1 aliphatic carbocycles. The van der Waals surface area contributed by atoms with Gasteiger partial charge in [0.15, 0.2) is 0 Å². The number of likely N-dealkylation sites (tertiary alicyclic amines) is 1. The molecule has 2 aromatic heterocycles. The van der Waals surface area contributed by atoms with E-state index in [4.69, 9.17) is 9.97 Å². The lowest BCUT2D eigenvalue weighted by Gasteiger charge is -2.34. The molecule has 0 spiro atoms. The number of fused-ring (bicyclic) bond motifs is 1. The molecule has 5 rings (SSSR count). The Hall–Kier alpha value is -2.93. The minimum absolute atomic E-state index is 0.104. The lowest BCUT2D eigenvalue weighted by molar-refractivity contribution is 0.176. The minimum atomic E-state index is 0.104. The zero-order valence-corrected chi connectivity index (χ0v) is 21.6. The largest absolute Gasteiger partial charge is 0.360 e. The molecule has 186 valence electrons. The molecule has 35 heavy (non-hydrogen) atoms. The molecule has 0 unspecified atom stereocenters. The van der Waals surface area contributed by atoms with Crippen LogP contribution in [0.3, 0.4) is 0 Å². The summed E-state index contributed by atoms with van der Waals surface area (Å²) < 4.78 is 2.03. The van der Waals surface area contributed by atoms with E-state index in [2.05, 4.69) is 77.9 Å². The number of piperidine rings is 1.